The summed E-state index contributed by atoms with van der Waals surface area (Å²) in [6.45, 7) is 8.53. The highest BCUT2D eigenvalue weighted by atomic mass is 32.2. The second kappa shape index (κ2) is 8.46. The normalized spacial score (nSPS) is 13.0. The van der Waals surface area contributed by atoms with E-state index in [1.807, 2.05) is 37.7 Å². The Kier molecular flexibility index (Phi) is 7.28. The van der Waals surface area contributed by atoms with Crippen molar-refractivity contribution in [2.75, 3.05) is 11.5 Å². The van der Waals surface area contributed by atoms with E-state index >= 15 is 0 Å². The molecule has 0 heterocycles. The maximum Gasteiger partial charge on any atom is 0.120 e. The molecule has 0 saturated heterocycles. The summed E-state index contributed by atoms with van der Waals surface area (Å²) >= 11 is 1.93. The number of ether oxygens (including phenoxy) is 1. The summed E-state index contributed by atoms with van der Waals surface area (Å²) in [4.78, 5) is 0. The summed E-state index contributed by atoms with van der Waals surface area (Å²) in [5.41, 5.74) is 4.07. The van der Waals surface area contributed by atoms with Gasteiger partial charge < -0.3 is 4.74 Å². The van der Waals surface area contributed by atoms with Gasteiger partial charge in [0.25, 0.3) is 0 Å². The molecule has 0 bridgehead atoms. The highest BCUT2D eigenvalue weighted by Gasteiger charge is 2.11. The van der Waals surface area contributed by atoms with Crippen molar-refractivity contribution in [2.24, 2.45) is 11.8 Å². The average Bonchev–Trinajstić information content (AvgIpc) is 2.34. The van der Waals surface area contributed by atoms with Gasteiger partial charge in [-0.1, -0.05) is 26.0 Å². The molecule has 1 atom stereocenters. The van der Waals surface area contributed by atoms with Crippen molar-refractivity contribution in [2.45, 2.75) is 39.8 Å². The number of nitrogens with two attached hydrogens (primary N) is 1. The topological polar surface area (TPSA) is 47.3 Å². The van der Waals surface area contributed by atoms with Crippen LogP contribution in [0.1, 0.15) is 39.3 Å². The minimum atomic E-state index is 0.166. The van der Waals surface area contributed by atoms with E-state index in [1.165, 1.54) is 5.56 Å². The fraction of sp³-hybridized carbons (Fsp3) is 0.600. The Morgan fingerprint density at radius 3 is 2.53 bits per heavy atom. The van der Waals surface area contributed by atoms with Crippen LogP contribution in [0.2, 0.25) is 0 Å². The summed E-state index contributed by atoms with van der Waals surface area (Å²) in [6, 6.07) is 8.33. The van der Waals surface area contributed by atoms with Crippen LogP contribution in [0, 0.1) is 5.92 Å². The molecule has 0 aliphatic carbocycles. The molecule has 0 aliphatic heterocycles. The molecule has 108 valence electrons. The van der Waals surface area contributed by atoms with Crippen LogP contribution >= 0.6 is 11.8 Å². The van der Waals surface area contributed by atoms with E-state index in [0.29, 0.717) is 5.92 Å². The number of hydrogen-bond donors (Lipinski definition) is 2. The van der Waals surface area contributed by atoms with Crippen molar-refractivity contribution in [3.05, 3.63) is 29.8 Å². The molecule has 0 radical (unpaired) electrons. The second-order valence-corrected chi connectivity index (χ2v) is 6.46. The minimum absolute atomic E-state index is 0.166. The molecule has 3 N–H and O–H groups in total. The average molecular weight is 282 g/mol. The van der Waals surface area contributed by atoms with Gasteiger partial charge in [0.1, 0.15) is 5.75 Å². The number of thioether (sulfide) groups is 1. The van der Waals surface area contributed by atoms with Crippen molar-refractivity contribution in [1.29, 1.82) is 0 Å². The van der Waals surface area contributed by atoms with Gasteiger partial charge in [0.2, 0.25) is 0 Å². The number of nitrogens with one attached hydrogen (secondary N) is 1. The molecule has 0 spiro atoms. The molecule has 3 nitrogen and oxygen atoms in total. The molecule has 19 heavy (non-hydrogen) atoms. The van der Waals surface area contributed by atoms with Crippen LogP contribution in [0.4, 0.5) is 0 Å². The fourth-order valence-corrected chi connectivity index (χ4v) is 2.87. The van der Waals surface area contributed by atoms with Gasteiger partial charge in [-0.2, -0.15) is 11.8 Å². The Balaban J connectivity index is 2.64. The first-order valence-electron chi connectivity index (χ1n) is 6.83. The number of hydrazine groups is 1. The van der Waals surface area contributed by atoms with Crippen LogP contribution in [-0.2, 0) is 0 Å². The van der Waals surface area contributed by atoms with E-state index < -0.39 is 0 Å². The summed E-state index contributed by atoms with van der Waals surface area (Å²) in [5.74, 6) is 9.41. The number of benzene rings is 1. The first kappa shape index (κ1) is 16.3. The van der Waals surface area contributed by atoms with Gasteiger partial charge in [0, 0.05) is 5.75 Å². The van der Waals surface area contributed by atoms with Crippen molar-refractivity contribution in [1.82, 2.24) is 5.43 Å². The molecule has 0 amide bonds. The van der Waals surface area contributed by atoms with Crippen LogP contribution in [0.15, 0.2) is 24.3 Å². The molecule has 1 aromatic carbocycles. The SMILES string of the molecule is CC(C)CSCC(NN)c1cccc(OC(C)C)c1. The van der Waals surface area contributed by atoms with Gasteiger partial charge in [-0.15, -0.1) is 0 Å². The third-order valence-corrected chi connectivity index (χ3v) is 4.04. The van der Waals surface area contributed by atoms with Gasteiger partial charge in [0.15, 0.2) is 0 Å². The number of hydrogen-bond acceptors (Lipinski definition) is 4. The molecule has 0 fully saturated rings. The van der Waals surface area contributed by atoms with E-state index in [0.717, 1.165) is 17.3 Å². The zero-order chi connectivity index (χ0) is 14.3. The Morgan fingerprint density at radius 2 is 1.95 bits per heavy atom. The first-order valence-corrected chi connectivity index (χ1v) is 7.99. The predicted octanol–water partition coefficient (Wildman–Crippen LogP) is 3.37. The molecular formula is C15H26N2OS. The molecule has 1 aromatic rings. The van der Waals surface area contributed by atoms with E-state index in [9.17, 15) is 0 Å². The zero-order valence-electron chi connectivity index (χ0n) is 12.3. The lowest BCUT2D eigenvalue weighted by Crippen LogP contribution is -2.30. The Hall–Kier alpha value is -0.710. The van der Waals surface area contributed by atoms with Crippen LogP contribution in [0.5, 0.6) is 5.75 Å². The summed E-state index contributed by atoms with van der Waals surface area (Å²) in [7, 11) is 0. The van der Waals surface area contributed by atoms with Crippen LogP contribution in [0.3, 0.4) is 0 Å². The Labute approximate surface area is 121 Å². The molecule has 4 heteroatoms. The van der Waals surface area contributed by atoms with E-state index in [4.69, 9.17) is 10.6 Å². The third kappa shape index (κ3) is 6.32. The Morgan fingerprint density at radius 1 is 1.21 bits per heavy atom. The summed E-state index contributed by atoms with van der Waals surface area (Å²) in [5, 5.41) is 0. The van der Waals surface area contributed by atoms with Crippen molar-refractivity contribution >= 4 is 11.8 Å². The zero-order valence-corrected chi connectivity index (χ0v) is 13.2. The lowest BCUT2D eigenvalue weighted by atomic mass is 10.1. The highest BCUT2D eigenvalue weighted by Crippen LogP contribution is 2.23. The van der Waals surface area contributed by atoms with Crippen LogP contribution in [-0.4, -0.2) is 17.6 Å². The van der Waals surface area contributed by atoms with Crippen molar-refractivity contribution < 1.29 is 4.74 Å². The van der Waals surface area contributed by atoms with Crippen LogP contribution in [0.25, 0.3) is 0 Å². The molecule has 0 saturated carbocycles. The maximum absolute atomic E-state index is 5.72. The highest BCUT2D eigenvalue weighted by molar-refractivity contribution is 7.99. The lowest BCUT2D eigenvalue weighted by Gasteiger charge is -2.18. The molecular weight excluding hydrogens is 256 g/mol. The second-order valence-electron chi connectivity index (χ2n) is 5.39. The fourth-order valence-electron chi connectivity index (χ4n) is 1.74. The summed E-state index contributed by atoms with van der Waals surface area (Å²) in [6.07, 6.45) is 0.190. The van der Waals surface area contributed by atoms with Gasteiger partial charge >= 0.3 is 0 Å². The van der Waals surface area contributed by atoms with Gasteiger partial charge in [-0.05, 0) is 43.2 Å². The monoisotopic (exact) mass is 282 g/mol. The maximum atomic E-state index is 5.72. The standard InChI is InChI=1S/C15H26N2OS/c1-11(2)9-19-10-15(17-16)13-6-5-7-14(8-13)18-12(3)4/h5-8,11-12,15,17H,9-10,16H2,1-4H3. The number of rotatable bonds is 8. The van der Waals surface area contributed by atoms with Crippen molar-refractivity contribution in [3.8, 4) is 5.75 Å². The van der Waals surface area contributed by atoms with E-state index in [-0.39, 0.29) is 12.1 Å². The molecule has 0 aliphatic rings. The first-order chi connectivity index (χ1) is 9.02. The van der Waals surface area contributed by atoms with Crippen LogP contribution < -0.4 is 16.0 Å². The van der Waals surface area contributed by atoms with E-state index in [2.05, 4.69) is 31.4 Å². The Bertz CT molecular complexity index is 369. The molecule has 1 unspecified atom stereocenters. The molecule has 1 rings (SSSR count). The quantitative estimate of drug-likeness (QED) is 0.567. The smallest absolute Gasteiger partial charge is 0.120 e. The largest absolute Gasteiger partial charge is 0.491 e. The molecule has 0 aromatic heterocycles. The lowest BCUT2D eigenvalue weighted by molar-refractivity contribution is 0.242. The summed E-state index contributed by atoms with van der Waals surface area (Å²) < 4.78 is 5.72. The van der Waals surface area contributed by atoms with E-state index in [1.54, 1.807) is 0 Å². The van der Waals surface area contributed by atoms with Gasteiger partial charge in [-0.3, -0.25) is 11.3 Å². The third-order valence-electron chi connectivity index (χ3n) is 2.57. The van der Waals surface area contributed by atoms with Gasteiger partial charge in [-0.25, -0.2) is 0 Å². The van der Waals surface area contributed by atoms with Crippen molar-refractivity contribution in [3.63, 3.8) is 0 Å². The van der Waals surface area contributed by atoms with Gasteiger partial charge in [0.05, 0.1) is 12.1 Å². The minimum Gasteiger partial charge on any atom is -0.491 e. The predicted molar refractivity (Wildman–Crippen MR) is 84.4 cm³/mol.